The zero-order valence-electron chi connectivity index (χ0n) is 12.2. The Bertz CT molecular complexity index is 481. The van der Waals surface area contributed by atoms with E-state index in [0.29, 0.717) is 13.1 Å². The van der Waals surface area contributed by atoms with Gasteiger partial charge in [0.2, 0.25) is 11.8 Å². The number of carbonyl (C=O) groups excluding carboxylic acids is 2. The minimum atomic E-state index is -0.149. The summed E-state index contributed by atoms with van der Waals surface area (Å²) in [6.45, 7) is 3.09. The van der Waals surface area contributed by atoms with Crippen LogP contribution >= 0.6 is 0 Å². The van der Waals surface area contributed by atoms with Gasteiger partial charge in [0.05, 0.1) is 20.1 Å². The average Bonchev–Trinajstić information content (AvgIpc) is 2.54. The van der Waals surface area contributed by atoms with Crippen LogP contribution in [0.3, 0.4) is 0 Å². The van der Waals surface area contributed by atoms with Crippen LogP contribution in [0.25, 0.3) is 0 Å². The Hall–Kier alpha value is -2.08. The average molecular weight is 291 g/mol. The maximum absolute atomic E-state index is 11.9. The number of ether oxygens (including phenoxy) is 1. The Balaban J connectivity index is 1.74. The number of carbonyl (C=O) groups is 2. The number of hydrogen-bond acceptors (Lipinski definition) is 4. The fourth-order valence-corrected chi connectivity index (χ4v) is 2.19. The van der Waals surface area contributed by atoms with E-state index in [4.69, 9.17) is 4.74 Å². The first-order valence-electron chi connectivity index (χ1n) is 7.07. The minimum Gasteiger partial charge on any atom is -0.497 e. The lowest BCUT2D eigenvalue weighted by Gasteiger charge is -2.27. The van der Waals surface area contributed by atoms with Crippen LogP contribution in [-0.4, -0.2) is 56.5 Å². The molecule has 2 N–H and O–H groups in total. The van der Waals surface area contributed by atoms with Gasteiger partial charge in [-0.1, -0.05) is 12.1 Å². The molecule has 0 spiro atoms. The summed E-state index contributed by atoms with van der Waals surface area (Å²) < 4.78 is 5.06. The topological polar surface area (TPSA) is 70.7 Å². The van der Waals surface area contributed by atoms with Crippen molar-refractivity contribution in [3.8, 4) is 5.75 Å². The minimum absolute atomic E-state index is 0.0282. The number of nitrogens with zero attached hydrogens (tertiary/aromatic N) is 1. The van der Waals surface area contributed by atoms with Gasteiger partial charge in [0, 0.05) is 26.2 Å². The predicted octanol–water partition coefficient (Wildman–Crippen LogP) is -0.214. The van der Waals surface area contributed by atoms with Gasteiger partial charge in [-0.2, -0.15) is 0 Å². The molecule has 0 atom stereocenters. The summed E-state index contributed by atoms with van der Waals surface area (Å²) in [4.78, 5) is 25.5. The summed E-state index contributed by atoms with van der Waals surface area (Å²) >= 11 is 0. The van der Waals surface area contributed by atoms with Gasteiger partial charge in [-0.25, -0.2) is 0 Å². The lowest BCUT2D eigenvalue weighted by atomic mass is 10.1. The van der Waals surface area contributed by atoms with Crippen LogP contribution < -0.4 is 15.4 Å². The molecule has 114 valence electrons. The third kappa shape index (κ3) is 4.75. The molecule has 2 amide bonds. The molecule has 1 fully saturated rings. The Morgan fingerprint density at radius 1 is 1.24 bits per heavy atom. The van der Waals surface area contributed by atoms with Gasteiger partial charge < -0.3 is 20.3 Å². The van der Waals surface area contributed by atoms with Crippen LogP contribution in [-0.2, 0) is 16.0 Å². The first-order chi connectivity index (χ1) is 10.2. The highest BCUT2D eigenvalue weighted by Gasteiger charge is 2.16. The van der Waals surface area contributed by atoms with E-state index in [-0.39, 0.29) is 24.8 Å². The molecule has 2 rings (SSSR count). The molecular weight excluding hydrogens is 270 g/mol. The molecule has 0 bridgehead atoms. The van der Waals surface area contributed by atoms with Gasteiger partial charge in [-0.05, 0) is 17.7 Å². The van der Waals surface area contributed by atoms with E-state index >= 15 is 0 Å². The zero-order valence-corrected chi connectivity index (χ0v) is 12.2. The molecular formula is C15H21N3O3. The predicted molar refractivity (Wildman–Crippen MR) is 79.2 cm³/mol. The molecule has 0 unspecified atom stereocenters. The molecule has 0 aromatic heterocycles. The zero-order chi connectivity index (χ0) is 15.1. The number of nitrogens with one attached hydrogen (secondary N) is 2. The second-order valence-electron chi connectivity index (χ2n) is 4.93. The van der Waals surface area contributed by atoms with E-state index in [0.717, 1.165) is 24.4 Å². The molecule has 1 saturated heterocycles. The largest absolute Gasteiger partial charge is 0.497 e. The molecule has 6 nitrogen and oxygen atoms in total. The summed E-state index contributed by atoms with van der Waals surface area (Å²) in [5, 5.41) is 5.86. The highest BCUT2D eigenvalue weighted by atomic mass is 16.5. The van der Waals surface area contributed by atoms with Crippen molar-refractivity contribution in [1.82, 2.24) is 15.5 Å². The maximum atomic E-state index is 11.9. The number of methoxy groups -OCH3 is 1. The summed E-state index contributed by atoms with van der Waals surface area (Å²) in [7, 11) is 1.60. The van der Waals surface area contributed by atoms with Crippen LogP contribution in [0.2, 0.25) is 0 Å². The maximum Gasteiger partial charge on any atom is 0.242 e. The third-order valence-corrected chi connectivity index (χ3v) is 3.43. The van der Waals surface area contributed by atoms with Crippen LogP contribution in [0, 0.1) is 0 Å². The molecule has 1 aliphatic rings. The van der Waals surface area contributed by atoms with E-state index in [9.17, 15) is 9.59 Å². The SMILES string of the molecule is COc1ccc(CC(=O)NCC(=O)N2CCNCC2)cc1. The first kappa shape index (κ1) is 15.3. The Labute approximate surface area is 124 Å². The van der Waals surface area contributed by atoms with Crippen molar-refractivity contribution in [2.24, 2.45) is 0 Å². The fraction of sp³-hybridized carbons (Fsp3) is 0.467. The van der Waals surface area contributed by atoms with Gasteiger partial charge in [-0.15, -0.1) is 0 Å². The summed E-state index contributed by atoms with van der Waals surface area (Å²) in [6.07, 6.45) is 0.263. The summed E-state index contributed by atoms with van der Waals surface area (Å²) in [5.41, 5.74) is 0.892. The van der Waals surface area contributed by atoms with Crippen LogP contribution in [0.5, 0.6) is 5.75 Å². The molecule has 1 aliphatic heterocycles. The van der Waals surface area contributed by atoms with Crippen molar-refractivity contribution < 1.29 is 14.3 Å². The fourth-order valence-electron chi connectivity index (χ4n) is 2.19. The Morgan fingerprint density at radius 3 is 2.52 bits per heavy atom. The number of hydrogen-bond donors (Lipinski definition) is 2. The Morgan fingerprint density at radius 2 is 1.90 bits per heavy atom. The number of piperazine rings is 1. The monoisotopic (exact) mass is 291 g/mol. The quantitative estimate of drug-likeness (QED) is 0.787. The lowest BCUT2D eigenvalue weighted by molar-refractivity contribution is -0.133. The second kappa shape index (κ2) is 7.64. The van der Waals surface area contributed by atoms with E-state index in [1.165, 1.54) is 0 Å². The van der Waals surface area contributed by atoms with Gasteiger partial charge in [0.15, 0.2) is 0 Å². The van der Waals surface area contributed by atoms with E-state index < -0.39 is 0 Å². The van der Waals surface area contributed by atoms with E-state index in [2.05, 4.69) is 10.6 Å². The van der Waals surface area contributed by atoms with E-state index in [1.807, 2.05) is 24.3 Å². The summed E-state index contributed by atoms with van der Waals surface area (Å²) in [6, 6.07) is 7.32. The Kier molecular flexibility index (Phi) is 5.57. The van der Waals surface area contributed by atoms with Gasteiger partial charge in [-0.3, -0.25) is 9.59 Å². The molecule has 0 radical (unpaired) electrons. The number of rotatable bonds is 5. The van der Waals surface area contributed by atoms with Crippen LogP contribution in [0.15, 0.2) is 24.3 Å². The standard InChI is InChI=1S/C15H21N3O3/c1-21-13-4-2-12(3-5-13)10-14(19)17-11-15(20)18-8-6-16-7-9-18/h2-5,16H,6-11H2,1H3,(H,17,19). The highest BCUT2D eigenvalue weighted by Crippen LogP contribution is 2.11. The van der Waals surface area contributed by atoms with Gasteiger partial charge in [0.25, 0.3) is 0 Å². The first-order valence-corrected chi connectivity index (χ1v) is 7.07. The van der Waals surface area contributed by atoms with Gasteiger partial charge in [0.1, 0.15) is 5.75 Å². The second-order valence-corrected chi connectivity index (χ2v) is 4.93. The van der Waals surface area contributed by atoms with Crippen molar-refractivity contribution in [3.63, 3.8) is 0 Å². The van der Waals surface area contributed by atoms with Crippen LogP contribution in [0.4, 0.5) is 0 Å². The molecule has 21 heavy (non-hydrogen) atoms. The third-order valence-electron chi connectivity index (χ3n) is 3.43. The van der Waals surface area contributed by atoms with Crippen molar-refractivity contribution in [2.75, 3.05) is 39.8 Å². The number of benzene rings is 1. The molecule has 1 heterocycles. The van der Waals surface area contributed by atoms with Crippen molar-refractivity contribution in [3.05, 3.63) is 29.8 Å². The van der Waals surface area contributed by atoms with E-state index in [1.54, 1.807) is 12.0 Å². The van der Waals surface area contributed by atoms with Gasteiger partial charge >= 0.3 is 0 Å². The number of amides is 2. The molecule has 0 saturated carbocycles. The normalized spacial score (nSPS) is 14.6. The smallest absolute Gasteiger partial charge is 0.242 e. The molecule has 0 aliphatic carbocycles. The lowest BCUT2D eigenvalue weighted by Crippen LogP contribution is -2.49. The van der Waals surface area contributed by atoms with Crippen molar-refractivity contribution >= 4 is 11.8 Å². The highest BCUT2D eigenvalue weighted by molar-refractivity contribution is 5.85. The molecule has 1 aromatic carbocycles. The van der Waals surface area contributed by atoms with Crippen molar-refractivity contribution in [1.29, 1.82) is 0 Å². The summed E-state index contributed by atoms with van der Waals surface area (Å²) in [5.74, 6) is 0.580. The molecule has 1 aromatic rings. The van der Waals surface area contributed by atoms with Crippen LogP contribution in [0.1, 0.15) is 5.56 Å². The van der Waals surface area contributed by atoms with Crippen molar-refractivity contribution in [2.45, 2.75) is 6.42 Å². The molecule has 6 heteroatoms.